The van der Waals surface area contributed by atoms with Crippen LogP contribution in [0.2, 0.25) is 0 Å². The van der Waals surface area contributed by atoms with Gasteiger partial charge in [0, 0.05) is 18.3 Å². The summed E-state index contributed by atoms with van der Waals surface area (Å²) in [7, 11) is 0. The van der Waals surface area contributed by atoms with Gasteiger partial charge in [-0.05, 0) is 12.5 Å². The number of rotatable bonds is 4. The van der Waals surface area contributed by atoms with E-state index in [0.717, 1.165) is 5.70 Å². The first-order valence-corrected chi connectivity index (χ1v) is 4.43. The van der Waals surface area contributed by atoms with Crippen LogP contribution in [0.25, 0.3) is 0 Å². The summed E-state index contributed by atoms with van der Waals surface area (Å²) in [6.07, 6.45) is 0. The van der Waals surface area contributed by atoms with Crippen molar-refractivity contribution in [2.45, 2.75) is 13.0 Å². The molecule has 0 aliphatic heterocycles. The van der Waals surface area contributed by atoms with E-state index in [1.807, 2.05) is 18.2 Å². The Morgan fingerprint density at radius 3 is 2.62 bits per heavy atom. The molecule has 13 heavy (non-hydrogen) atoms. The molecule has 3 N–H and O–H groups in total. The van der Waals surface area contributed by atoms with Gasteiger partial charge in [0.25, 0.3) is 0 Å². The smallest absolute Gasteiger partial charge is 0.0482 e. The van der Waals surface area contributed by atoms with Crippen LogP contribution in [0.5, 0.6) is 0 Å². The van der Waals surface area contributed by atoms with Crippen LogP contribution in [-0.4, -0.2) is 6.54 Å². The Morgan fingerprint density at radius 2 is 2.08 bits per heavy atom. The zero-order chi connectivity index (χ0) is 9.68. The summed E-state index contributed by atoms with van der Waals surface area (Å²) < 4.78 is 0. The van der Waals surface area contributed by atoms with E-state index in [2.05, 4.69) is 31.0 Å². The third-order valence-electron chi connectivity index (χ3n) is 1.97. The van der Waals surface area contributed by atoms with Gasteiger partial charge in [-0.1, -0.05) is 36.9 Å². The molecule has 0 saturated heterocycles. The van der Waals surface area contributed by atoms with E-state index in [9.17, 15) is 0 Å². The maximum absolute atomic E-state index is 5.44. The molecular weight excluding hydrogens is 160 g/mol. The van der Waals surface area contributed by atoms with Gasteiger partial charge in [0.15, 0.2) is 0 Å². The molecule has 2 heteroatoms. The highest BCUT2D eigenvalue weighted by Crippen LogP contribution is 2.11. The van der Waals surface area contributed by atoms with Crippen molar-refractivity contribution in [2.75, 3.05) is 6.54 Å². The lowest BCUT2D eigenvalue weighted by molar-refractivity contribution is 0.645. The van der Waals surface area contributed by atoms with Crippen molar-refractivity contribution < 1.29 is 0 Å². The molecule has 0 aromatic heterocycles. The van der Waals surface area contributed by atoms with E-state index >= 15 is 0 Å². The third-order valence-corrected chi connectivity index (χ3v) is 1.97. The van der Waals surface area contributed by atoms with Gasteiger partial charge in [0.05, 0.1) is 0 Å². The minimum absolute atomic E-state index is 0.275. The first kappa shape index (κ1) is 9.81. The number of benzene rings is 1. The molecule has 0 aliphatic carbocycles. The van der Waals surface area contributed by atoms with Crippen LogP contribution in [0.1, 0.15) is 18.5 Å². The SMILES string of the molecule is C=C(CN)N[C@H](C)c1ccccc1. The Balaban J connectivity index is 2.59. The molecule has 1 rings (SSSR count). The lowest BCUT2D eigenvalue weighted by Gasteiger charge is -2.16. The van der Waals surface area contributed by atoms with Crippen molar-refractivity contribution in [3.8, 4) is 0 Å². The molecule has 1 atom stereocenters. The van der Waals surface area contributed by atoms with Crippen molar-refractivity contribution in [1.82, 2.24) is 5.32 Å². The fourth-order valence-corrected chi connectivity index (χ4v) is 1.19. The minimum atomic E-state index is 0.275. The molecule has 2 nitrogen and oxygen atoms in total. The summed E-state index contributed by atoms with van der Waals surface area (Å²) in [6, 6.07) is 10.5. The molecule has 0 bridgehead atoms. The molecular formula is C11H16N2. The Labute approximate surface area is 79.5 Å². The van der Waals surface area contributed by atoms with Crippen LogP contribution in [0, 0.1) is 0 Å². The molecule has 0 unspecified atom stereocenters. The van der Waals surface area contributed by atoms with Crippen molar-refractivity contribution in [3.63, 3.8) is 0 Å². The number of nitrogens with two attached hydrogens (primary N) is 1. The molecule has 0 radical (unpaired) electrons. The number of hydrogen-bond acceptors (Lipinski definition) is 2. The van der Waals surface area contributed by atoms with Gasteiger partial charge in [-0.3, -0.25) is 0 Å². The van der Waals surface area contributed by atoms with Crippen LogP contribution in [0.15, 0.2) is 42.6 Å². The first-order chi connectivity index (χ1) is 6.24. The minimum Gasteiger partial charge on any atom is -0.381 e. The molecule has 1 aromatic carbocycles. The predicted molar refractivity (Wildman–Crippen MR) is 56.2 cm³/mol. The van der Waals surface area contributed by atoms with Gasteiger partial charge < -0.3 is 11.1 Å². The molecule has 0 aliphatic rings. The van der Waals surface area contributed by atoms with Gasteiger partial charge in [-0.15, -0.1) is 0 Å². The summed E-state index contributed by atoms with van der Waals surface area (Å²) in [6.45, 7) is 6.38. The maximum atomic E-state index is 5.44. The van der Waals surface area contributed by atoms with Crippen LogP contribution >= 0.6 is 0 Å². The Kier molecular flexibility index (Phi) is 3.53. The Hall–Kier alpha value is -1.28. The van der Waals surface area contributed by atoms with Gasteiger partial charge in [-0.25, -0.2) is 0 Å². The monoisotopic (exact) mass is 176 g/mol. The number of hydrogen-bond donors (Lipinski definition) is 2. The Bertz CT molecular complexity index is 267. The van der Waals surface area contributed by atoms with Crippen LogP contribution in [0.4, 0.5) is 0 Å². The van der Waals surface area contributed by atoms with E-state index < -0.39 is 0 Å². The largest absolute Gasteiger partial charge is 0.381 e. The average molecular weight is 176 g/mol. The number of nitrogens with one attached hydrogen (secondary N) is 1. The lowest BCUT2D eigenvalue weighted by atomic mass is 10.1. The second-order valence-corrected chi connectivity index (χ2v) is 3.08. The standard InChI is InChI=1S/C11H16N2/c1-9(8-12)13-10(2)11-6-4-3-5-7-11/h3-7,10,13H,1,8,12H2,2H3/t10-/m1/s1. The molecule has 1 aromatic rings. The fraction of sp³-hybridized carbons (Fsp3) is 0.273. The average Bonchev–Trinajstić information content (AvgIpc) is 2.19. The summed E-state index contributed by atoms with van der Waals surface area (Å²) in [5.41, 5.74) is 7.56. The topological polar surface area (TPSA) is 38.0 Å². The highest BCUT2D eigenvalue weighted by molar-refractivity contribution is 5.19. The van der Waals surface area contributed by atoms with Crippen molar-refractivity contribution in [3.05, 3.63) is 48.2 Å². The summed E-state index contributed by atoms with van der Waals surface area (Å²) in [5, 5.41) is 3.23. The fourth-order valence-electron chi connectivity index (χ4n) is 1.19. The maximum Gasteiger partial charge on any atom is 0.0482 e. The van der Waals surface area contributed by atoms with Crippen LogP contribution in [0.3, 0.4) is 0 Å². The second kappa shape index (κ2) is 4.67. The molecule has 0 spiro atoms. The summed E-state index contributed by atoms with van der Waals surface area (Å²) >= 11 is 0. The van der Waals surface area contributed by atoms with Crippen molar-refractivity contribution >= 4 is 0 Å². The van der Waals surface area contributed by atoms with Crippen LogP contribution in [-0.2, 0) is 0 Å². The van der Waals surface area contributed by atoms with E-state index in [1.165, 1.54) is 5.56 Å². The zero-order valence-electron chi connectivity index (χ0n) is 7.96. The third kappa shape index (κ3) is 2.92. The molecule has 70 valence electrons. The van der Waals surface area contributed by atoms with E-state index in [1.54, 1.807) is 0 Å². The summed E-state index contributed by atoms with van der Waals surface area (Å²) in [5.74, 6) is 0. The highest BCUT2D eigenvalue weighted by Gasteiger charge is 2.03. The molecule has 0 heterocycles. The summed E-state index contributed by atoms with van der Waals surface area (Å²) in [4.78, 5) is 0. The van der Waals surface area contributed by atoms with Gasteiger partial charge in [-0.2, -0.15) is 0 Å². The van der Waals surface area contributed by atoms with Gasteiger partial charge in [0.2, 0.25) is 0 Å². The van der Waals surface area contributed by atoms with Crippen molar-refractivity contribution in [2.24, 2.45) is 5.73 Å². The van der Waals surface area contributed by atoms with Crippen molar-refractivity contribution in [1.29, 1.82) is 0 Å². The highest BCUT2D eigenvalue weighted by atomic mass is 14.9. The second-order valence-electron chi connectivity index (χ2n) is 3.08. The van der Waals surface area contributed by atoms with E-state index in [4.69, 9.17) is 5.73 Å². The van der Waals surface area contributed by atoms with Crippen LogP contribution < -0.4 is 11.1 Å². The van der Waals surface area contributed by atoms with Gasteiger partial charge >= 0.3 is 0 Å². The zero-order valence-corrected chi connectivity index (χ0v) is 7.96. The molecule has 0 amide bonds. The quantitative estimate of drug-likeness (QED) is 0.734. The normalized spacial score (nSPS) is 12.2. The predicted octanol–water partition coefficient (Wildman–Crippen LogP) is 1.81. The molecule has 0 saturated carbocycles. The first-order valence-electron chi connectivity index (χ1n) is 4.43. The molecule has 0 fully saturated rings. The van der Waals surface area contributed by atoms with E-state index in [-0.39, 0.29) is 6.04 Å². The Morgan fingerprint density at radius 1 is 1.46 bits per heavy atom. The van der Waals surface area contributed by atoms with E-state index in [0.29, 0.717) is 6.54 Å². The lowest BCUT2D eigenvalue weighted by Crippen LogP contribution is -2.22. The van der Waals surface area contributed by atoms with Gasteiger partial charge in [0.1, 0.15) is 0 Å².